The normalized spacial score (nSPS) is 25.8. The number of carbonyl (C=O) groups is 2. The first kappa shape index (κ1) is 17.0. The molecule has 1 aromatic heterocycles. The molecule has 2 aliphatic rings. The number of aromatic amines is 1. The summed E-state index contributed by atoms with van der Waals surface area (Å²) in [5.74, 6) is 1.06. The number of nitrogens with one attached hydrogen (secondary N) is 3. The van der Waals surface area contributed by atoms with Crippen LogP contribution in [0.15, 0.2) is 0 Å². The second-order valence-corrected chi connectivity index (χ2v) is 6.89. The first-order chi connectivity index (χ1) is 11.5. The molecule has 132 valence electrons. The van der Waals surface area contributed by atoms with E-state index in [0.717, 1.165) is 56.1 Å². The topological polar surface area (TPSA) is 90.1 Å². The van der Waals surface area contributed by atoms with Crippen LogP contribution in [0.25, 0.3) is 0 Å². The van der Waals surface area contributed by atoms with Crippen molar-refractivity contribution < 1.29 is 9.59 Å². The van der Waals surface area contributed by atoms with Crippen LogP contribution in [0.1, 0.15) is 50.3 Å². The second kappa shape index (κ2) is 6.55. The van der Waals surface area contributed by atoms with Gasteiger partial charge in [0.05, 0.1) is 5.69 Å². The summed E-state index contributed by atoms with van der Waals surface area (Å²) in [6, 6.07) is -0.358. The molecule has 0 radical (unpaired) electrons. The highest BCUT2D eigenvalue weighted by Crippen LogP contribution is 2.33. The number of imidazole rings is 1. The maximum atomic E-state index is 12.3. The van der Waals surface area contributed by atoms with Crippen molar-refractivity contribution >= 4 is 11.9 Å². The fourth-order valence-corrected chi connectivity index (χ4v) is 4.01. The lowest BCUT2D eigenvalue weighted by Gasteiger charge is -2.40. The molecule has 2 saturated heterocycles. The smallest absolute Gasteiger partial charge is 0.322 e. The summed E-state index contributed by atoms with van der Waals surface area (Å²) < 4.78 is 0. The third kappa shape index (κ3) is 2.92. The minimum Gasteiger partial charge on any atom is -0.346 e. The molecule has 3 amide bonds. The Balaban J connectivity index is 1.62. The van der Waals surface area contributed by atoms with Crippen LogP contribution in [0.3, 0.4) is 0 Å². The number of urea groups is 1. The van der Waals surface area contributed by atoms with Gasteiger partial charge in [-0.3, -0.25) is 15.0 Å². The Bertz CT molecular complexity index is 633. The average Bonchev–Trinajstić information content (AvgIpc) is 3.07. The largest absolute Gasteiger partial charge is 0.346 e. The van der Waals surface area contributed by atoms with Gasteiger partial charge in [-0.2, -0.15) is 0 Å². The molecule has 3 heterocycles. The van der Waals surface area contributed by atoms with Crippen LogP contribution < -0.4 is 10.6 Å². The lowest BCUT2D eigenvalue weighted by Crippen LogP contribution is -2.55. The summed E-state index contributed by atoms with van der Waals surface area (Å²) in [6.45, 7) is 8.81. The van der Waals surface area contributed by atoms with E-state index in [1.54, 1.807) is 0 Å². The van der Waals surface area contributed by atoms with Gasteiger partial charge in [-0.25, -0.2) is 9.78 Å². The fourth-order valence-electron chi connectivity index (χ4n) is 4.01. The maximum Gasteiger partial charge on any atom is 0.322 e. The van der Waals surface area contributed by atoms with Crippen LogP contribution >= 0.6 is 0 Å². The molecule has 3 rings (SSSR count). The molecule has 0 spiro atoms. The lowest BCUT2D eigenvalue weighted by molar-refractivity contribution is -0.126. The van der Waals surface area contributed by atoms with Gasteiger partial charge in [-0.15, -0.1) is 0 Å². The molecule has 1 aromatic rings. The van der Waals surface area contributed by atoms with E-state index in [1.807, 2.05) is 6.92 Å². The molecule has 0 aromatic carbocycles. The van der Waals surface area contributed by atoms with E-state index in [9.17, 15) is 9.59 Å². The van der Waals surface area contributed by atoms with E-state index in [0.29, 0.717) is 6.42 Å². The highest BCUT2D eigenvalue weighted by molar-refractivity contribution is 6.07. The SMILES string of the molecule is CCc1nc(CN2CCC(C3(CC)NC(=O)NC3=O)CC2)c(C)[nH]1. The van der Waals surface area contributed by atoms with Gasteiger partial charge < -0.3 is 10.3 Å². The number of hydrogen-bond acceptors (Lipinski definition) is 4. The minimum atomic E-state index is -0.721. The first-order valence-corrected chi connectivity index (χ1v) is 8.88. The van der Waals surface area contributed by atoms with E-state index in [1.165, 1.54) is 0 Å². The quantitative estimate of drug-likeness (QED) is 0.712. The summed E-state index contributed by atoms with van der Waals surface area (Å²) >= 11 is 0. The molecular weight excluding hydrogens is 306 g/mol. The van der Waals surface area contributed by atoms with Crippen LogP contribution in [0.5, 0.6) is 0 Å². The van der Waals surface area contributed by atoms with Crippen molar-refractivity contribution in [3.05, 3.63) is 17.2 Å². The summed E-state index contributed by atoms with van der Waals surface area (Å²) in [5, 5.41) is 5.29. The Kier molecular flexibility index (Phi) is 4.62. The molecule has 2 fully saturated rings. The molecule has 7 nitrogen and oxygen atoms in total. The minimum absolute atomic E-state index is 0.163. The van der Waals surface area contributed by atoms with Crippen molar-refractivity contribution in [2.24, 2.45) is 5.92 Å². The van der Waals surface area contributed by atoms with Crippen LogP contribution in [-0.2, 0) is 17.8 Å². The number of aryl methyl sites for hydroxylation is 2. The molecule has 0 aliphatic carbocycles. The zero-order chi connectivity index (χ0) is 17.3. The van der Waals surface area contributed by atoms with Crippen LogP contribution in [0.2, 0.25) is 0 Å². The molecular formula is C17H27N5O2. The van der Waals surface area contributed by atoms with Crippen molar-refractivity contribution in [2.45, 2.75) is 58.5 Å². The third-order valence-corrected chi connectivity index (χ3v) is 5.55. The Morgan fingerprint density at radius 1 is 1.25 bits per heavy atom. The number of hydrogen-bond donors (Lipinski definition) is 3. The number of nitrogens with zero attached hydrogens (tertiary/aromatic N) is 2. The Morgan fingerprint density at radius 2 is 1.96 bits per heavy atom. The van der Waals surface area contributed by atoms with Gasteiger partial charge >= 0.3 is 6.03 Å². The molecule has 1 unspecified atom stereocenters. The fraction of sp³-hybridized carbons (Fsp3) is 0.706. The van der Waals surface area contributed by atoms with Crippen LogP contribution in [0, 0.1) is 12.8 Å². The molecule has 3 N–H and O–H groups in total. The predicted octanol–water partition coefficient (Wildman–Crippen LogP) is 1.48. The van der Waals surface area contributed by atoms with Gasteiger partial charge in [-0.1, -0.05) is 13.8 Å². The van der Waals surface area contributed by atoms with Gasteiger partial charge in [-0.05, 0) is 45.2 Å². The van der Waals surface area contributed by atoms with Crippen molar-refractivity contribution in [1.29, 1.82) is 0 Å². The number of rotatable bonds is 5. The Hall–Kier alpha value is -1.89. The van der Waals surface area contributed by atoms with E-state index in [4.69, 9.17) is 0 Å². The molecule has 1 atom stereocenters. The lowest BCUT2D eigenvalue weighted by atomic mass is 9.76. The number of aromatic nitrogens is 2. The Morgan fingerprint density at radius 3 is 2.46 bits per heavy atom. The predicted molar refractivity (Wildman–Crippen MR) is 90.4 cm³/mol. The van der Waals surface area contributed by atoms with E-state index < -0.39 is 5.54 Å². The number of H-pyrrole nitrogens is 1. The summed E-state index contributed by atoms with van der Waals surface area (Å²) in [5.41, 5.74) is 1.53. The summed E-state index contributed by atoms with van der Waals surface area (Å²) in [4.78, 5) is 34.2. The molecule has 24 heavy (non-hydrogen) atoms. The molecule has 0 bridgehead atoms. The van der Waals surface area contributed by atoms with Gasteiger partial charge in [0, 0.05) is 18.7 Å². The van der Waals surface area contributed by atoms with Crippen LogP contribution in [-0.4, -0.2) is 45.4 Å². The van der Waals surface area contributed by atoms with Crippen molar-refractivity contribution in [3.8, 4) is 0 Å². The molecule has 7 heteroatoms. The van der Waals surface area contributed by atoms with Crippen molar-refractivity contribution in [2.75, 3.05) is 13.1 Å². The highest BCUT2D eigenvalue weighted by atomic mass is 16.2. The number of imide groups is 1. The third-order valence-electron chi connectivity index (χ3n) is 5.55. The van der Waals surface area contributed by atoms with Gasteiger partial charge in [0.2, 0.25) is 0 Å². The number of amides is 3. The van der Waals surface area contributed by atoms with Crippen LogP contribution in [0.4, 0.5) is 4.79 Å². The van der Waals surface area contributed by atoms with Gasteiger partial charge in [0.25, 0.3) is 5.91 Å². The van der Waals surface area contributed by atoms with E-state index >= 15 is 0 Å². The van der Waals surface area contributed by atoms with Crippen molar-refractivity contribution in [1.82, 2.24) is 25.5 Å². The first-order valence-electron chi connectivity index (χ1n) is 8.88. The number of likely N-dealkylation sites (tertiary alicyclic amines) is 1. The van der Waals surface area contributed by atoms with Gasteiger partial charge in [0.1, 0.15) is 11.4 Å². The zero-order valence-corrected chi connectivity index (χ0v) is 14.7. The Labute approximate surface area is 142 Å². The average molecular weight is 333 g/mol. The van der Waals surface area contributed by atoms with E-state index in [2.05, 4.69) is 39.3 Å². The van der Waals surface area contributed by atoms with Gasteiger partial charge in [0.15, 0.2) is 0 Å². The highest BCUT2D eigenvalue weighted by Gasteiger charge is 2.50. The zero-order valence-electron chi connectivity index (χ0n) is 14.7. The second-order valence-electron chi connectivity index (χ2n) is 6.89. The maximum absolute atomic E-state index is 12.3. The molecule has 0 saturated carbocycles. The van der Waals surface area contributed by atoms with E-state index in [-0.39, 0.29) is 17.9 Å². The monoisotopic (exact) mass is 333 g/mol. The summed E-state index contributed by atoms with van der Waals surface area (Å²) in [6.07, 6.45) is 3.36. The van der Waals surface area contributed by atoms with Crippen molar-refractivity contribution in [3.63, 3.8) is 0 Å². The number of carbonyl (C=O) groups excluding carboxylic acids is 2. The summed E-state index contributed by atoms with van der Waals surface area (Å²) in [7, 11) is 0. The standard InChI is InChI=1S/C17H27N5O2/c1-4-14-18-11(3)13(19-14)10-22-8-6-12(7-9-22)17(5-2)15(23)20-16(24)21-17/h12H,4-10H2,1-3H3,(H,18,19)(H2,20,21,23,24). The molecule has 2 aliphatic heterocycles. The number of piperidine rings is 1.